The summed E-state index contributed by atoms with van der Waals surface area (Å²) in [5, 5.41) is 3.57. The van der Waals surface area contributed by atoms with E-state index < -0.39 is 20.2 Å². The van der Waals surface area contributed by atoms with Gasteiger partial charge in [0.15, 0.2) is 0 Å². The highest BCUT2D eigenvalue weighted by Crippen LogP contribution is 2.28. The maximum atomic E-state index is 10.9. The monoisotopic (exact) mass is 562 g/mol. The molecule has 0 radical (unpaired) electrons. The molecule has 12 nitrogen and oxygen atoms in total. The number of aryl methyl sites for hydroxylation is 1. The smallest absolute Gasteiger partial charge is 0.294 e. The van der Waals surface area contributed by atoms with Gasteiger partial charge in [-0.3, -0.25) is 9.11 Å². The molecule has 15 heteroatoms. The molecule has 1 aromatic heterocycles. The lowest BCUT2D eigenvalue weighted by atomic mass is 10.2. The first-order valence-corrected chi connectivity index (χ1v) is 14.4. The number of fused-ring (bicyclic) bond motifs is 1. The third-order valence-corrected chi connectivity index (χ3v) is 7.87. The Morgan fingerprint density at radius 3 is 2.14 bits per heavy atom. The van der Waals surface area contributed by atoms with Crippen molar-refractivity contribution in [1.82, 2.24) is 4.57 Å². The molecule has 0 aliphatic rings. The van der Waals surface area contributed by atoms with Gasteiger partial charge in [0.1, 0.15) is 11.5 Å². The van der Waals surface area contributed by atoms with Crippen molar-refractivity contribution < 1.29 is 35.4 Å². The number of methoxy groups -OCH3 is 2. The van der Waals surface area contributed by atoms with Crippen molar-refractivity contribution in [2.45, 2.75) is 18.2 Å². The Bertz CT molecular complexity index is 1440. The summed E-state index contributed by atoms with van der Waals surface area (Å²) in [5.74, 6) is 6.29. The Labute approximate surface area is 214 Å². The largest absolute Gasteiger partial charge is 0.497 e. The van der Waals surface area contributed by atoms with Crippen LogP contribution in [-0.4, -0.2) is 63.6 Å². The second-order valence-electron chi connectivity index (χ2n) is 7.47. The normalized spacial score (nSPS) is 12.2. The lowest BCUT2D eigenvalue weighted by molar-refractivity contribution is 0.394. The molecular weight excluding hydrogens is 532 g/mol. The van der Waals surface area contributed by atoms with Gasteiger partial charge in [-0.1, -0.05) is 11.3 Å². The molecule has 36 heavy (non-hydrogen) atoms. The van der Waals surface area contributed by atoms with Crippen molar-refractivity contribution in [2.24, 2.45) is 18.0 Å². The van der Waals surface area contributed by atoms with Crippen LogP contribution >= 0.6 is 11.3 Å². The number of nitrogens with two attached hydrogens (primary N) is 1. The Kier molecular flexibility index (Phi) is 10.1. The first kappa shape index (κ1) is 29.4. The molecule has 0 bridgehead atoms. The van der Waals surface area contributed by atoms with Crippen LogP contribution in [0.3, 0.4) is 0 Å². The van der Waals surface area contributed by atoms with Gasteiger partial charge < -0.3 is 24.8 Å². The summed E-state index contributed by atoms with van der Waals surface area (Å²) in [4.78, 5) is 2.43. The van der Waals surface area contributed by atoms with Crippen LogP contribution in [0.4, 0.5) is 5.69 Å². The Balaban J connectivity index is 0.000000259. The van der Waals surface area contributed by atoms with Crippen LogP contribution < -0.4 is 25.0 Å². The van der Waals surface area contributed by atoms with E-state index in [0.717, 1.165) is 11.2 Å². The van der Waals surface area contributed by atoms with E-state index in [-0.39, 0.29) is 10.6 Å². The Hall–Kier alpha value is -2.85. The fourth-order valence-electron chi connectivity index (χ4n) is 3.28. The predicted molar refractivity (Wildman–Crippen MR) is 139 cm³/mol. The van der Waals surface area contributed by atoms with Crippen molar-refractivity contribution in [3.8, 4) is 11.5 Å². The molecule has 0 aliphatic carbocycles. The fraction of sp³-hybridized carbons (Fsp3) is 0.381. The summed E-state index contributed by atoms with van der Waals surface area (Å²) in [5.41, 5.74) is 1.70. The standard InChI is InChI=1S/C13H21NO5S.C8H9N3O3S2/c1-4-14(6-5-7-20(15,16)17)11-8-12(18-2)10-13(9-11)19-3;1-11-6-3-2-5(16(12,13)14)4-7(6)15-8(11)10-9/h8-10H,4-7H2,1-3H3,(H,15,16,17);2-4H,9H2,1H3,(H,12,13,14). The number of rotatable bonds is 9. The quantitative estimate of drug-likeness (QED) is 0.199. The molecule has 0 unspecified atom stereocenters. The molecule has 3 rings (SSSR count). The molecule has 4 N–H and O–H groups in total. The first-order chi connectivity index (χ1) is 16.8. The number of thiazole rings is 1. The molecular formula is C21H30N4O8S3. The minimum atomic E-state index is -4.17. The van der Waals surface area contributed by atoms with Crippen molar-refractivity contribution >= 4 is 47.5 Å². The molecule has 0 saturated carbocycles. The van der Waals surface area contributed by atoms with Crippen LogP contribution in [-0.2, 0) is 27.3 Å². The molecule has 0 fully saturated rings. The van der Waals surface area contributed by atoms with Gasteiger partial charge >= 0.3 is 0 Å². The molecule has 0 amide bonds. The zero-order valence-corrected chi connectivity index (χ0v) is 22.7. The molecule has 3 aromatic rings. The van der Waals surface area contributed by atoms with Crippen LogP contribution in [0.5, 0.6) is 11.5 Å². The Morgan fingerprint density at radius 2 is 1.67 bits per heavy atom. The van der Waals surface area contributed by atoms with Crippen molar-refractivity contribution in [3.05, 3.63) is 41.2 Å². The zero-order valence-electron chi connectivity index (χ0n) is 20.3. The highest BCUT2D eigenvalue weighted by atomic mass is 32.2. The highest BCUT2D eigenvalue weighted by Gasteiger charge is 2.12. The lowest BCUT2D eigenvalue weighted by Crippen LogP contribution is -2.25. The van der Waals surface area contributed by atoms with E-state index in [1.54, 1.807) is 38.0 Å². The van der Waals surface area contributed by atoms with Gasteiger partial charge in [0, 0.05) is 44.0 Å². The lowest BCUT2D eigenvalue weighted by Gasteiger charge is -2.24. The number of hydrogen-bond donors (Lipinski definition) is 3. The van der Waals surface area contributed by atoms with Crippen LogP contribution in [0.25, 0.3) is 10.2 Å². The summed E-state index contributed by atoms with van der Waals surface area (Å²) >= 11 is 1.25. The molecule has 0 saturated heterocycles. The van der Waals surface area contributed by atoms with Gasteiger partial charge in [-0.15, -0.1) is 0 Å². The highest BCUT2D eigenvalue weighted by molar-refractivity contribution is 7.86. The number of aromatic nitrogens is 1. The zero-order chi connectivity index (χ0) is 27.1. The molecule has 0 atom stereocenters. The van der Waals surface area contributed by atoms with Crippen LogP contribution in [0.2, 0.25) is 0 Å². The number of ether oxygens (including phenoxy) is 2. The number of hydrogen-bond acceptors (Lipinski definition) is 10. The van der Waals surface area contributed by atoms with E-state index in [9.17, 15) is 16.8 Å². The molecule has 2 aromatic carbocycles. The summed E-state index contributed by atoms with van der Waals surface area (Å²) < 4.78 is 73.9. The second kappa shape index (κ2) is 12.4. The van der Waals surface area contributed by atoms with Gasteiger partial charge in [0.05, 0.1) is 35.1 Å². The second-order valence-corrected chi connectivity index (χ2v) is 11.5. The summed E-state index contributed by atoms with van der Waals surface area (Å²) in [6, 6.07) is 9.83. The summed E-state index contributed by atoms with van der Waals surface area (Å²) in [6.45, 7) is 3.20. The first-order valence-electron chi connectivity index (χ1n) is 10.6. The maximum absolute atomic E-state index is 10.9. The SMILES string of the molecule is CCN(CCCS(=O)(=O)O)c1cc(OC)cc(OC)c1.Cn1c(=NN)sc2cc(S(=O)(=O)O)ccc21. The number of benzene rings is 2. The number of nitrogens with zero attached hydrogens (tertiary/aromatic N) is 3. The average Bonchev–Trinajstić information content (AvgIpc) is 3.15. The van der Waals surface area contributed by atoms with Crippen molar-refractivity contribution in [3.63, 3.8) is 0 Å². The molecule has 1 heterocycles. The van der Waals surface area contributed by atoms with Gasteiger partial charge in [-0.25, -0.2) is 0 Å². The summed E-state index contributed by atoms with van der Waals surface area (Å²) in [7, 11) is -3.15. The third kappa shape index (κ3) is 8.09. The van der Waals surface area contributed by atoms with E-state index >= 15 is 0 Å². The van der Waals surface area contributed by atoms with Gasteiger partial charge in [-0.05, 0) is 31.5 Å². The van der Waals surface area contributed by atoms with E-state index in [4.69, 9.17) is 24.4 Å². The third-order valence-electron chi connectivity index (χ3n) is 5.10. The minimum absolute atomic E-state index is 0.134. The molecule has 0 spiro atoms. The van der Waals surface area contributed by atoms with Gasteiger partial charge in [0.2, 0.25) is 4.80 Å². The van der Waals surface area contributed by atoms with Gasteiger partial charge in [-0.2, -0.15) is 21.9 Å². The predicted octanol–water partition coefficient (Wildman–Crippen LogP) is 2.07. The van der Waals surface area contributed by atoms with E-state index in [1.165, 1.54) is 23.5 Å². The number of anilines is 1. The molecule has 200 valence electrons. The Morgan fingerprint density at radius 1 is 1.06 bits per heavy atom. The van der Waals surface area contributed by atoms with Crippen molar-refractivity contribution in [2.75, 3.05) is 38.0 Å². The topological polar surface area (TPSA) is 174 Å². The van der Waals surface area contributed by atoms with Crippen LogP contribution in [0, 0.1) is 0 Å². The minimum Gasteiger partial charge on any atom is -0.497 e. The van der Waals surface area contributed by atoms with E-state index in [0.29, 0.717) is 40.5 Å². The van der Waals surface area contributed by atoms with Crippen molar-refractivity contribution in [1.29, 1.82) is 0 Å². The van der Waals surface area contributed by atoms with Crippen LogP contribution in [0.15, 0.2) is 46.4 Å². The van der Waals surface area contributed by atoms with E-state index in [2.05, 4.69) is 5.10 Å². The average molecular weight is 563 g/mol. The van der Waals surface area contributed by atoms with Crippen LogP contribution in [0.1, 0.15) is 13.3 Å². The molecule has 0 aliphatic heterocycles. The van der Waals surface area contributed by atoms with E-state index in [1.807, 2.05) is 24.0 Å². The van der Waals surface area contributed by atoms with Gasteiger partial charge in [0.25, 0.3) is 20.2 Å². The summed E-state index contributed by atoms with van der Waals surface area (Å²) in [6.07, 6.45) is 0.353. The fourth-order valence-corrected chi connectivity index (χ4v) is 5.33. The maximum Gasteiger partial charge on any atom is 0.294 e.